The van der Waals surface area contributed by atoms with Gasteiger partial charge in [0.25, 0.3) is 5.91 Å². The van der Waals surface area contributed by atoms with Gasteiger partial charge in [0.1, 0.15) is 10.7 Å². The number of nitrogens with zero attached hydrogens (tertiary/aromatic N) is 1. The van der Waals surface area contributed by atoms with E-state index in [4.69, 9.17) is 4.74 Å². The van der Waals surface area contributed by atoms with Crippen LogP contribution >= 0.6 is 0 Å². The molecule has 1 amide bonds. The second-order valence-corrected chi connectivity index (χ2v) is 7.98. The quantitative estimate of drug-likeness (QED) is 0.626. The van der Waals surface area contributed by atoms with Crippen LogP contribution in [0.1, 0.15) is 29.8 Å². The van der Waals surface area contributed by atoms with Gasteiger partial charge in [0, 0.05) is 19.6 Å². The normalized spacial score (nSPS) is 11.3. The molecule has 0 saturated carbocycles. The highest BCUT2D eigenvalue weighted by Crippen LogP contribution is 2.21. The molecule has 0 saturated heterocycles. The van der Waals surface area contributed by atoms with Crippen LogP contribution in [-0.4, -0.2) is 44.3 Å². The minimum atomic E-state index is -4.09. The molecular weight excluding hydrogens is 399 g/mol. The van der Waals surface area contributed by atoms with Crippen LogP contribution in [0.5, 0.6) is 0 Å². The fourth-order valence-electron chi connectivity index (χ4n) is 2.59. The van der Waals surface area contributed by atoms with Gasteiger partial charge in [-0.25, -0.2) is 17.6 Å². The van der Waals surface area contributed by atoms with E-state index in [1.807, 2.05) is 30.3 Å². The van der Waals surface area contributed by atoms with Crippen molar-refractivity contribution in [1.29, 1.82) is 0 Å². The van der Waals surface area contributed by atoms with Crippen LogP contribution in [0.15, 0.2) is 53.4 Å². The lowest BCUT2D eigenvalue weighted by atomic mass is 10.2. The number of ether oxygens (including phenoxy) is 1. The first kappa shape index (κ1) is 22.5. The van der Waals surface area contributed by atoms with E-state index in [0.29, 0.717) is 0 Å². The Morgan fingerprint density at radius 3 is 2.34 bits per heavy atom. The topological polar surface area (TPSA) is 92.8 Å². The lowest BCUT2D eigenvalue weighted by Gasteiger charge is -2.19. The number of esters is 1. The van der Waals surface area contributed by atoms with E-state index in [0.717, 1.165) is 28.1 Å². The van der Waals surface area contributed by atoms with Crippen LogP contribution in [0, 0.1) is 5.82 Å². The van der Waals surface area contributed by atoms with Gasteiger partial charge in [0.2, 0.25) is 10.0 Å². The lowest BCUT2D eigenvalue weighted by molar-refractivity contribution is -0.124. The molecule has 29 heavy (non-hydrogen) atoms. The Morgan fingerprint density at radius 2 is 1.72 bits per heavy atom. The molecule has 0 fully saturated rings. The van der Waals surface area contributed by atoms with Gasteiger partial charge < -0.3 is 10.1 Å². The van der Waals surface area contributed by atoms with Gasteiger partial charge in [-0.05, 0) is 23.8 Å². The van der Waals surface area contributed by atoms with Crippen LogP contribution in [0.3, 0.4) is 0 Å². The number of hydrogen-bond acceptors (Lipinski definition) is 5. The molecule has 2 aromatic rings. The Kier molecular flexibility index (Phi) is 7.86. The highest BCUT2D eigenvalue weighted by Gasteiger charge is 2.26. The predicted octanol–water partition coefficient (Wildman–Crippen LogP) is 2.33. The summed E-state index contributed by atoms with van der Waals surface area (Å²) in [5, 5.41) is 2.60. The van der Waals surface area contributed by atoms with E-state index in [2.05, 4.69) is 5.32 Å². The summed E-state index contributed by atoms with van der Waals surface area (Å²) in [6, 6.07) is 12.1. The number of halogens is 1. The third-order valence-corrected chi connectivity index (χ3v) is 6.22. The van der Waals surface area contributed by atoms with E-state index in [1.54, 1.807) is 13.8 Å². The molecule has 7 nitrogen and oxygen atoms in total. The lowest BCUT2D eigenvalue weighted by Crippen LogP contribution is -2.31. The van der Waals surface area contributed by atoms with Crippen LogP contribution in [0.25, 0.3) is 0 Å². The SMILES string of the molecule is CCN(CC)S(=O)(=O)c1cc(C(=O)OCC(=O)NCc2ccccc2)ccc1F. The first-order chi connectivity index (χ1) is 13.8. The van der Waals surface area contributed by atoms with Crippen molar-refractivity contribution in [2.24, 2.45) is 0 Å². The molecule has 9 heteroatoms. The van der Waals surface area contributed by atoms with E-state index in [9.17, 15) is 22.4 Å². The molecule has 156 valence electrons. The van der Waals surface area contributed by atoms with Gasteiger partial charge in [0.05, 0.1) is 5.56 Å². The summed E-state index contributed by atoms with van der Waals surface area (Å²) in [4.78, 5) is 23.4. The number of carbonyl (C=O) groups is 2. The van der Waals surface area contributed by atoms with Crippen molar-refractivity contribution in [3.05, 3.63) is 65.5 Å². The maximum Gasteiger partial charge on any atom is 0.338 e. The molecule has 0 unspecified atom stereocenters. The van der Waals surface area contributed by atoms with Crippen LogP contribution in [-0.2, 0) is 26.1 Å². The van der Waals surface area contributed by atoms with E-state index >= 15 is 0 Å². The van der Waals surface area contributed by atoms with Crippen molar-refractivity contribution in [1.82, 2.24) is 9.62 Å². The maximum absolute atomic E-state index is 14.1. The van der Waals surface area contributed by atoms with Crippen molar-refractivity contribution in [3.63, 3.8) is 0 Å². The summed E-state index contributed by atoms with van der Waals surface area (Å²) in [5.41, 5.74) is 0.727. The molecule has 0 radical (unpaired) electrons. The fourth-order valence-corrected chi connectivity index (χ4v) is 4.14. The molecule has 2 rings (SSSR count). The second kappa shape index (κ2) is 10.1. The molecule has 0 bridgehead atoms. The molecule has 0 spiro atoms. The van der Waals surface area contributed by atoms with E-state index < -0.39 is 39.2 Å². The van der Waals surface area contributed by atoms with Gasteiger partial charge in [-0.3, -0.25) is 4.79 Å². The van der Waals surface area contributed by atoms with E-state index in [-0.39, 0.29) is 25.2 Å². The Labute approximate surface area is 169 Å². The molecule has 0 atom stereocenters. The first-order valence-corrected chi connectivity index (χ1v) is 10.5. The number of rotatable bonds is 9. The van der Waals surface area contributed by atoms with Crippen LogP contribution < -0.4 is 5.32 Å². The van der Waals surface area contributed by atoms with Crippen LogP contribution in [0.4, 0.5) is 4.39 Å². The van der Waals surface area contributed by atoms with Crippen LogP contribution in [0.2, 0.25) is 0 Å². The predicted molar refractivity (Wildman–Crippen MR) is 105 cm³/mol. The molecule has 0 aliphatic carbocycles. The summed E-state index contributed by atoms with van der Waals surface area (Å²) in [7, 11) is -4.09. The average Bonchev–Trinajstić information content (AvgIpc) is 2.72. The number of nitrogens with one attached hydrogen (secondary N) is 1. The molecule has 2 aromatic carbocycles. The summed E-state index contributed by atoms with van der Waals surface area (Å²) >= 11 is 0. The summed E-state index contributed by atoms with van der Waals surface area (Å²) in [6.07, 6.45) is 0. The summed E-state index contributed by atoms with van der Waals surface area (Å²) in [5.74, 6) is -2.40. The Bertz CT molecular complexity index is 960. The number of hydrogen-bond donors (Lipinski definition) is 1. The van der Waals surface area contributed by atoms with Crippen molar-refractivity contribution in [2.75, 3.05) is 19.7 Å². The zero-order valence-corrected chi connectivity index (χ0v) is 17.0. The Morgan fingerprint density at radius 1 is 1.07 bits per heavy atom. The Hall–Kier alpha value is -2.78. The fraction of sp³-hybridized carbons (Fsp3) is 0.300. The minimum absolute atomic E-state index is 0.159. The zero-order chi connectivity index (χ0) is 21.4. The molecule has 0 aliphatic rings. The number of carbonyl (C=O) groups excluding carboxylic acids is 2. The monoisotopic (exact) mass is 422 g/mol. The third kappa shape index (κ3) is 5.85. The van der Waals surface area contributed by atoms with Gasteiger partial charge >= 0.3 is 5.97 Å². The molecular formula is C20H23FN2O5S. The van der Waals surface area contributed by atoms with Crippen molar-refractivity contribution >= 4 is 21.9 Å². The summed E-state index contributed by atoms with van der Waals surface area (Å²) < 4.78 is 45.2. The average molecular weight is 422 g/mol. The van der Waals surface area contributed by atoms with Gasteiger partial charge in [0.15, 0.2) is 6.61 Å². The zero-order valence-electron chi connectivity index (χ0n) is 16.2. The van der Waals surface area contributed by atoms with Crippen molar-refractivity contribution < 1.29 is 27.1 Å². The molecule has 0 heterocycles. The molecule has 0 aliphatic heterocycles. The van der Waals surface area contributed by atoms with Gasteiger partial charge in [-0.15, -0.1) is 0 Å². The van der Waals surface area contributed by atoms with E-state index in [1.165, 1.54) is 0 Å². The largest absolute Gasteiger partial charge is 0.452 e. The highest BCUT2D eigenvalue weighted by atomic mass is 32.2. The number of amides is 1. The molecule has 0 aromatic heterocycles. The second-order valence-electron chi connectivity index (χ2n) is 6.07. The third-order valence-electron chi connectivity index (χ3n) is 4.16. The van der Waals surface area contributed by atoms with Crippen molar-refractivity contribution in [2.45, 2.75) is 25.3 Å². The smallest absolute Gasteiger partial charge is 0.338 e. The molecule has 1 N–H and O–H groups in total. The number of benzene rings is 2. The summed E-state index contributed by atoms with van der Waals surface area (Å²) in [6.45, 7) is 3.32. The number of sulfonamides is 1. The Balaban J connectivity index is 2.03. The maximum atomic E-state index is 14.1. The van der Waals surface area contributed by atoms with Crippen molar-refractivity contribution in [3.8, 4) is 0 Å². The first-order valence-electron chi connectivity index (χ1n) is 9.07. The standard InChI is InChI=1S/C20H23FN2O5S/c1-3-23(4-2)29(26,27)18-12-16(10-11-17(18)21)20(25)28-14-19(24)22-13-15-8-6-5-7-9-15/h5-12H,3-4,13-14H2,1-2H3,(H,22,24). The van der Waals surface area contributed by atoms with Gasteiger partial charge in [-0.2, -0.15) is 4.31 Å². The minimum Gasteiger partial charge on any atom is -0.452 e. The van der Waals surface area contributed by atoms with Gasteiger partial charge in [-0.1, -0.05) is 44.2 Å². The highest BCUT2D eigenvalue weighted by molar-refractivity contribution is 7.89.